The van der Waals surface area contributed by atoms with Gasteiger partial charge in [-0.3, -0.25) is 0 Å². The molecule has 0 bridgehead atoms. The zero-order valence-corrected chi connectivity index (χ0v) is 18.9. The fourth-order valence-corrected chi connectivity index (χ4v) is 4.49. The minimum Gasteiger partial charge on any atom is -0.493 e. The number of hydrogen-bond acceptors (Lipinski definition) is 4. The molecule has 4 aromatic rings. The number of imidazole rings is 1. The van der Waals surface area contributed by atoms with Crippen molar-refractivity contribution in [3.8, 4) is 34.0 Å². The molecule has 0 fully saturated rings. The molecule has 1 aliphatic rings. The molecule has 0 saturated carbocycles. The van der Waals surface area contributed by atoms with Gasteiger partial charge in [-0.05, 0) is 42.0 Å². The molecule has 3 aromatic carbocycles. The lowest BCUT2D eigenvalue weighted by Gasteiger charge is -2.09. The van der Waals surface area contributed by atoms with Crippen molar-refractivity contribution in [1.29, 1.82) is 0 Å². The minimum absolute atomic E-state index is 0.142. The van der Waals surface area contributed by atoms with Crippen LogP contribution in [-0.2, 0) is 0 Å². The van der Waals surface area contributed by atoms with Crippen molar-refractivity contribution >= 4 is 21.6 Å². The summed E-state index contributed by atoms with van der Waals surface area (Å²) in [6.45, 7) is 0.804. The summed E-state index contributed by atoms with van der Waals surface area (Å²) in [5.74, 6) is 2.46. The van der Waals surface area contributed by atoms with Crippen LogP contribution in [0, 0.1) is 0 Å². The lowest BCUT2D eigenvalue weighted by molar-refractivity contribution is 0.355. The number of ether oxygens (including phenoxy) is 2. The molecule has 0 radical (unpaired) electrons. The van der Waals surface area contributed by atoms with Crippen LogP contribution in [0.15, 0.2) is 71.2 Å². The van der Waals surface area contributed by atoms with Crippen LogP contribution in [0.25, 0.3) is 22.5 Å². The summed E-state index contributed by atoms with van der Waals surface area (Å²) in [7, 11) is 3.29. The number of fused-ring (bicyclic) bond motifs is 1. The third kappa shape index (κ3) is 3.57. The Bertz CT molecular complexity index is 1240. The van der Waals surface area contributed by atoms with Crippen LogP contribution >= 0.6 is 15.9 Å². The van der Waals surface area contributed by atoms with Crippen LogP contribution in [0.1, 0.15) is 17.3 Å². The van der Waals surface area contributed by atoms with Gasteiger partial charge in [0.1, 0.15) is 5.82 Å². The van der Waals surface area contributed by atoms with E-state index in [1.165, 1.54) is 5.56 Å². The zero-order valence-electron chi connectivity index (χ0n) is 17.3. The summed E-state index contributed by atoms with van der Waals surface area (Å²) in [4.78, 5) is 8.72. The SMILES string of the molecule is COc1ccc(-c2nc(C3CNc4ccc(Br)cc43)[nH]c2-c2ccccc2)cc1OC. The van der Waals surface area contributed by atoms with E-state index >= 15 is 0 Å². The van der Waals surface area contributed by atoms with E-state index in [1.54, 1.807) is 14.2 Å². The topological polar surface area (TPSA) is 59.2 Å². The number of nitrogens with one attached hydrogen (secondary N) is 2. The molecule has 6 heteroatoms. The highest BCUT2D eigenvalue weighted by Gasteiger charge is 2.28. The first-order valence-corrected chi connectivity index (χ1v) is 10.9. The second kappa shape index (κ2) is 8.12. The zero-order chi connectivity index (χ0) is 21.4. The predicted octanol–water partition coefficient (Wildman–Crippen LogP) is 6.08. The molecule has 0 spiro atoms. The van der Waals surface area contributed by atoms with Gasteiger partial charge in [-0.25, -0.2) is 4.98 Å². The Hall–Kier alpha value is -3.25. The van der Waals surface area contributed by atoms with Crippen LogP contribution in [0.2, 0.25) is 0 Å². The quantitative estimate of drug-likeness (QED) is 0.367. The van der Waals surface area contributed by atoms with E-state index in [9.17, 15) is 0 Å². The highest BCUT2D eigenvalue weighted by molar-refractivity contribution is 9.10. The van der Waals surface area contributed by atoms with Gasteiger partial charge in [0.2, 0.25) is 0 Å². The lowest BCUT2D eigenvalue weighted by atomic mass is 10.0. The Morgan fingerprint density at radius 1 is 0.903 bits per heavy atom. The third-order valence-electron chi connectivity index (χ3n) is 5.66. The van der Waals surface area contributed by atoms with Crippen LogP contribution in [0.3, 0.4) is 0 Å². The fraction of sp³-hybridized carbons (Fsp3) is 0.160. The van der Waals surface area contributed by atoms with E-state index in [-0.39, 0.29) is 5.92 Å². The van der Waals surface area contributed by atoms with Crippen LogP contribution < -0.4 is 14.8 Å². The Labute approximate surface area is 189 Å². The smallest absolute Gasteiger partial charge is 0.161 e. The van der Waals surface area contributed by atoms with E-state index in [2.05, 4.69) is 56.6 Å². The maximum absolute atomic E-state index is 5.53. The van der Waals surface area contributed by atoms with Crippen LogP contribution in [-0.4, -0.2) is 30.7 Å². The average Bonchev–Trinajstić information content (AvgIpc) is 3.43. The van der Waals surface area contributed by atoms with Crippen molar-refractivity contribution in [2.45, 2.75) is 5.92 Å². The molecule has 1 aromatic heterocycles. The summed E-state index contributed by atoms with van der Waals surface area (Å²) in [6, 6.07) is 22.5. The van der Waals surface area contributed by atoms with Crippen molar-refractivity contribution in [3.63, 3.8) is 0 Å². The molecule has 31 heavy (non-hydrogen) atoms. The first kappa shape index (κ1) is 19.7. The Balaban J connectivity index is 1.66. The number of methoxy groups -OCH3 is 2. The van der Waals surface area contributed by atoms with E-state index in [0.717, 1.165) is 45.0 Å². The van der Waals surface area contributed by atoms with Gasteiger partial charge in [-0.1, -0.05) is 46.3 Å². The monoisotopic (exact) mass is 475 g/mol. The predicted molar refractivity (Wildman–Crippen MR) is 127 cm³/mol. The Morgan fingerprint density at radius 3 is 2.48 bits per heavy atom. The minimum atomic E-state index is 0.142. The second-order valence-corrected chi connectivity index (χ2v) is 8.36. The first-order valence-electron chi connectivity index (χ1n) is 10.1. The molecule has 2 N–H and O–H groups in total. The molecular weight excluding hydrogens is 454 g/mol. The molecule has 0 saturated heterocycles. The van der Waals surface area contributed by atoms with E-state index in [4.69, 9.17) is 14.5 Å². The second-order valence-electron chi connectivity index (χ2n) is 7.45. The van der Waals surface area contributed by atoms with Crippen LogP contribution in [0.4, 0.5) is 5.69 Å². The number of H-pyrrole nitrogens is 1. The molecule has 156 valence electrons. The average molecular weight is 476 g/mol. The standard InChI is InChI=1S/C25H22BrN3O2/c1-30-21-11-8-16(12-22(21)31-2)24-23(15-6-4-3-5-7-15)28-25(29-24)19-14-27-20-10-9-17(26)13-18(19)20/h3-13,19,27H,14H2,1-2H3,(H,28,29). The highest BCUT2D eigenvalue weighted by Crippen LogP contribution is 2.41. The Morgan fingerprint density at radius 2 is 1.71 bits per heavy atom. The van der Waals surface area contributed by atoms with Crippen molar-refractivity contribution < 1.29 is 9.47 Å². The van der Waals surface area contributed by atoms with Gasteiger partial charge in [0.25, 0.3) is 0 Å². The van der Waals surface area contributed by atoms with Gasteiger partial charge in [0.15, 0.2) is 11.5 Å². The van der Waals surface area contributed by atoms with Crippen molar-refractivity contribution in [2.75, 3.05) is 26.1 Å². The Kier molecular flexibility index (Phi) is 5.16. The summed E-state index contributed by atoms with van der Waals surface area (Å²) in [5, 5.41) is 3.50. The molecule has 2 heterocycles. The van der Waals surface area contributed by atoms with E-state index in [0.29, 0.717) is 11.5 Å². The molecule has 0 amide bonds. The summed E-state index contributed by atoms with van der Waals surface area (Å²) in [5.41, 5.74) is 6.34. The van der Waals surface area contributed by atoms with Gasteiger partial charge in [0.05, 0.1) is 31.5 Å². The van der Waals surface area contributed by atoms with Crippen molar-refractivity contribution in [3.05, 3.63) is 82.6 Å². The normalized spacial score (nSPS) is 14.7. The van der Waals surface area contributed by atoms with Gasteiger partial charge in [-0.15, -0.1) is 0 Å². The van der Waals surface area contributed by atoms with E-state index in [1.807, 2.05) is 36.4 Å². The van der Waals surface area contributed by atoms with Crippen LogP contribution in [0.5, 0.6) is 11.5 Å². The maximum Gasteiger partial charge on any atom is 0.161 e. The number of benzene rings is 3. The van der Waals surface area contributed by atoms with Crippen molar-refractivity contribution in [1.82, 2.24) is 9.97 Å². The largest absolute Gasteiger partial charge is 0.493 e. The number of rotatable bonds is 5. The van der Waals surface area contributed by atoms with Gasteiger partial charge in [0, 0.05) is 27.8 Å². The number of nitrogens with zero attached hydrogens (tertiary/aromatic N) is 1. The number of aromatic nitrogens is 2. The maximum atomic E-state index is 5.53. The summed E-state index contributed by atoms with van der Waals surface area (Å²) in [6.07, 6.45) is 0. The molecule has 1 unspecified atom stereocenters. The molecule has 1 atom stereocenters. The van der Waals surface area contributed by atoms with E-state index < -0.39 is 0 Å². The number of aromatic amines is 1. The summed E-state index contributed by atoms with van der Waals surface area (Å²) >= 11 is 3.60. The number of anilines is 1. The molecular formula is C25H22BrN3O2. The summed E-state index contributed by atoms with van der Waals surface area (Å²) < 4.78 is 12.0. The molecule has 0 aliphatic carbocycles. The molecule has 1 aliphatic heterocycles. The fourth-order valence-electron chi connectivity index (χ4n) is 4.11. The van der Waals surface area contributed by atoms with Gasteiger partial charge >= 0.3 is 0 Å². The lowest BCUT2D eigenvalue weighted by Crippen LogP contribution is -2.05. The van der Waals surface area contributed by atoms with Gasteiger partial charge < -0.3 is 19.8 Å². The molecule has 5 nitrogen and oxygen atoms in total. The third-order valence-corrected chi connectivity index (χ3v) is 6.15. The first-order chi connectivity index (χ1) is 15.2. The van der Waals surface area contributed by atoms with Gasteiger partial charge in [-0.2, -0.15) is 0 Å². The highest BCUT2D eigenvalue weighted by atomic mass is 79.9. The number of hydrogen-bond donors (Lipinski definition) is 2. The van der Waals surface area contributed by atoms with Crippen molar-refractivity contribution in [2.24, 2.45) is 0 Å². The molecule has 5 rings (SSSR count). The number of halogens is 1.